The Morgan fingerprint density at radius 1 is 0.841 bits per heavy atom. The highest BCUT2D eigenvalue weighted by atomic mass is 35.5. The van der Waals surface area contributed by atoms with E-state index in [0.717, 1.165) is 30.0 Å². The van der Waals surface area contributed by atoms with Crippen molar-refractivity contribution in [3.63, 3.8) is 0 Å². The lowest BCUT2D eigenvalue weighted by Crippen LogP contribution is -2.30. The Morgan fingerprint density at radius 3 is 2.18 bits per heavy atom. The lowest BCUT2D eigenvalue weighted by atomic mass is 10.1. The van der Waals surface area contributed by atoms with Gasteiger partial charge in [-0.2, -0.15) is 13.2 Å². The predicted octanol–water partition coefficient (Wildman–Crippen LogP) is 8.03. The molecule has 4 aromatic rings. The lowest BCUT2D eigenvalue weighted by Gasteiger charge is -2.14. The zero-order valence-electron chi connectivity index (χ0n) is 22.9. The minimum atomic E-state index is -4.53. The molecule has 0 spiro atoms. The molecule has 0 heterocycles. The van der Waals surface area contributed by atoms with Crippen molar-refractivity contribution >= 4 is 58.5 Å². The van der Waals surface area contributed by atoms with E-state index in [4.69, 9.17) is 11.6 Å². The van der Waals surface area contributed by atoms with Crippen molar-refractivity contribution in [1.29, 1.82) is 0 Å². The molecule has 4 rings (SSSR count). The van der Waals surface area contributed by atoms with E-state index in [2.05, 4.69) is 16.0 Å². The molecule has 0 aliphatic carbocycles. The van der Waals surface area contributed by atoms with Crippen LogP contribution in [0.5, 0.6) is 0 Å². The predicted molar refractivity (Wildman–Crippen MR) is 164 cm³/mol. The van der Waals surface area contributed by atoms with Crippen LogP contribution < -0.4 is 16.0 Å². The second-order valence-electron chi connectivity index (χ2n) is 9.32. The summed E-state index contributed by atoms with van der Waals surface area (Å²) in [6, 6.07) is 22.9. The van der Waals surface area contributed by atoms with Crippen LogP contribution in [0.2, 0.25) is 5.02 Å². The van der Waals surface area contributed by atoms with Crippen molar-refractivity contribution in [2.45, 2.75) is 23.2 Å². The average molecular weight is 642 g/mol. The summed E-state index contributed by atoms with van der Waals surface area (Å²) >= 11 is 7.29. The molecule has 0 bridgehead atoms. The molecule has 1 unspecified atom stereocenters. The highest BCUT2D eigenvalue weighted by Crippen LogP contribution is 2.31. The summed E-state index contributed by atoms with van der Waals surface area (Å²) in [6.45, 7) is 1.60. The van der Waals surface area contributed by atoms with Crippen molar-refractivity contribution in [3.05, 3.63) is 130 Å². The molecule has 0 aliphatic rings. The molecule has 12 heteroatoms. The second-order valence-corrected chi connectivity index (χ2v) is 11.1. The molecule has 0 aliphatic heterocycles. The Morgan fingerprint density at radius 2 is 1.52 bits per heavy atom. The molecule has 0 aromatic heterocycles. The maximum atomic E-state index is 14.5. The van der Waals surface area contributed by atoms with Gasteiger partial charge >= 0.3 is 6.18 Å². The third kappa shape index (κ3) is 8.71. The summed E-state index contributed by atoms with van der Waals surface area (Å²) in [5.41, 5.74) is -0.586. The quantitative estimate of drug-likeness (QED) is 0.0981. The number of hydrogen-bond donors (Lipinski definition) is 3. The Kier molecular flexibility index (Phi) is 10.5. The van der Waals surface area contributed by atoms with Crippen LogP contribution in [-0.2, 0) is 15.8 Å². The molecule has 44 heavy (non-hydrogen) atoms. The molecular weight excluding hydrogens is 618 g/mol. The SMILES string of the molecule is CC(Sc1ccc(NC(=O)/C(=C/c2c(F)cccc2Cl)NC(=O)c2ccccc2)cc1)C(=O)Nc1cccc(C(F)(F)F)c1. The average Bonchev–Trinajstić information content (AvgIpc) is 2.99. The Balaban J connectivity index is 1.45. The summed E-state index contributed by atoms with van der Waals surface area (Å²) < 4.78 is 53.4. The lowest BCUT2D eigenvalue weighted by molar-refractivity contribution is -0.137. The first kappa shape index (κ1) is 32.3. The van der Waals surface area contributed by atoms with Crippen molar-refractivity contribution in [1.82, 2.24) is 5.32 Å². The van der Waals surface area contributed by atoms with E-state index < -0.39 is 40.5 Å². The number of benzene rings is 4. The Labute approximate surface area is 259 Å². The van der Waals surface area contributed by atoms with Crippen LogP contribution in [0.3, 0.4) is 0 Å². The fourth-order valence-electron chi connectivity index (χ4n) is 3.83. The second kappa shape index (κ2) is 14.2. The number of carbonyl (C=O) groups excluding carboxylic acids is 3. The molecule has 1 atom stereocenters. The van der Waals surface area contributed by atoms with Crippen LogP contribution in [-0.4, -0.2) is 23.0 Å². The molecule has 226 valence electrons. The molecule has 3 N–H and O–H groups in total. The fourth-order valence-corrected chi connectivity index (χ4v) is 4.91. The van der Waals surface area contributed by atoms with Gasteiger partial charge in [0, 0.05) is 27.4 Å². The third-order valence-corrected chi connectivity index (χ3v) is 7.51. The Hall–Kier alpha value is -4.61. The van der Waals surface area contributed by atoms with E-state index >= 15 is 0 Å². The van der Waals surface area contributed by atoms with Crippen molar-refractivity contribution < 1.29 is 31.9 Å². The summed E-state index contributed by atoms with van der Waals surface area (Å²) in [4.78, 5) is 39.3. The van der Waals surface area contributed by atoms with E-state index in [9.17, 15) is 31.9 Å². The van der Waals surface area contributed by atoms with Gasteiger partial charge in [-0.1, -0.05) is 41.9 Å². The zero-order valence-corrected chi connectivity index (χ0v) is 24.5. The van der Waals surface area contributed by atoms with E-state index in [1.54, 1.807) is 61.5 Å². The van der Waals surface area contributed by atoms with Gasteiger partial charge in [-0.25, -0.2) is 4.39 Å². The van der Waals surface area contributed by atoms with Gasteiger partial charge in [-0.05, 0) is 79.7 Å². The monoisotopic (exact) mass is 641 g/mol. The first-order valence-corrected chi connectivity index (χ1v) is 14.2. The van der Waals surface area contributed by atoms with Crippen LogP contribution in [0.15, 0.2) is 108 Å². The molecule has 4 aromatic carbocycles. The van der Waals surface area contributed by atoms with Crippen LogP contribution in [0.1, 0.15) is 28.4 Å². The third-order valence-electron chi connectivity index (χ3n) is 6.07. The number of halogens is 5. The number of nitrogens with one attached hydrogen (secondary N) is 3. The smallest absolute Gasteiger partial charge is 0.325 e. The van der Waals surface area contributed by atoms with Gasteiger partial charge < -0.3 is 16.0 Å². The van der Waals surface area contributed by atoms with Crippen molar-refractivity contribution in [2.75, 3.05) is 10.6 Å². The normalized spacial score (nSPS) is 12.3. The number of hydrogen-bond acceptors (Lipinski definition) is 4. The first-order chi connectivity index (χ1) is 20.9. The number of carbonyl (C=O) groups is 3. The number of amides is 3. The van der Waals surface area contributed by atoms with E-state index in [-0.39, 0.29) is 27.5 Å². The first-order valence-electron chi connectivity index (χ1n) is 13.0. The van der Waals surface area contributed by atoms with Gasteiger partial charge in [-0.3, -0.25) is 14.4 Å². The highest BCUT2D eigenvalue weighted by molar-refractivity contribution is 8.00. The molecular formula is C32H24ClF4N3O3S. The van der Waals surface area contributed by atoms with E-state index in [1.807, 2.05) is 0 Å². The minimum Gasteiger partial charge on any atom is -0.325 e. The standard InChI is InChI=1S/C32H24ClF4N3O3S/c1-19(29(41)39-23-10-5-9-21(17-23)32(35,36)37)44-24-15-13-22(14-16-24)38-31(43)28(18-25-26(33)11-6-12-27(25)34)40-30(42)20-7-3-2-4-8-20/h2-19H,1H3,(H,38,43)(H,39,41)(H,40,42)/b28-18-. The molecule has 0 fully saturated rings. The molecule has 0 saturated carbocycles. The van der Waals surface area contributed by atoms with Crippen LogP contribution in [0, 0.1) is 5.82 Å². The molecule has 6 nitrogen and oxygen atoms in total. The largest absolute Gasteiger partial charge is 0.416 e. The van der Waals surface area contributed by atoms with Gasteiger partial charge in [-0.15, -0.1) is 11.8 Å². The molecule has 0 saturated heterocycles. The molecule has 0 radical (unpaired) electrons. The van der Waals surface area contributed by atoms with E-state index in [1.165, 1.54) is 30.3 Å². The highest BCUT2D eigenvalue weighted by Gasteiger charge is 2.30. The summed E-state index contributed by atoms with van der Waals surface area (Å²) in [5.74, 6) is -2.53. The number of anilines is 2. The fraction of sp³-hybridized carbons (Fsp3) is 0.0938. The zero-order chi connectivity index (χ0) is 31.9. The van der Waals surface area contributed by atoms with Crippen LogP contribution >= 0.6 is 23.4 Å². The maximum absolute atomic E-state index is 14.5. The number of thioether (sulfide) groups is 1. The van der Waals surface area contributed by atoms with Crippen LogP contribution in [0.4, 0.5) is 28.9 Å². The maximum Gasteiger partial charge on any atom is 0.416 e. The topological polar surface area (TPSA) is 87.3 Å². The van der Waals surface area contributed by atoms with Gasteiger partial charge in [0.25, 0.3) is 11.8 Å². The summed E-state index contributed by atoms with van der Waals surface area (Å²) in [6.07, 6.45) is -3.39. The van der Waals surface area contributed by atoms with Crippen molar-refractivity contribution in [2.24, 2.45) is 0 Å². The van der Waals surface area contributed by atoms with E-state index in [0.29, 0.717) is 10.6 Å². The minimum absolute atomic E-state index is 0.0234. The van der Waals surface area contributed by atoms with Crippen molar-refractivity contribution in [3.8, 4) is 0 Å². The summed E-state index contributed by atoms with van der Waals surface area (Å²) in [7, 11) is 0. The number of rotatable bonds is 9. The van der Waals surface area contributed by atoms with Gasteiger partial charge in [0.05, 0.1) is 15.8 Å². The Bertz CT molecular complexity index is 1680. The summed E-state index contributed by atoms with van der Waals surface area (Å²) in [5, 5.41) is 7.01. The van der Waals surface area contributed by atoms with Gasteiger partial charge in [0.15, 0.2) is 0 Å². The molecule has 3 amide bonds. The number of alkyl halides is 3. The van der Waals surface area contributed by atoms with Crippen LogP contribution in [0.25, 0.3) is 6.08 Å². The van der Waals surface area contributed by atoms with Gasteiger partial charge in [0.1, 0.15) is 11.5 Å². The van der Waals surface area contributed by atoms with Gasteiger partial charge in [0.2, 0.25) is 5.91 Å².